The second kappa shape index (κ2) is 4.73. The molecule has 18 heavy (non-hydrogen) atoms. The minimum atomic E-state index is 0.208. The summed E-state index contributed by atoms with van der Waals surface area (Å²) in [6.07, 6.45) is 2.95. The van der Waals surface area contributed by atoms with Crippen molar-refractivity contribution in [1.82, 2.24) is 5.32 Å². The zero-order valence-corrected chi connectivity index (χ0v) is 10.9. The highest BCUT2D eigenvalue weighted by Gasteiger charge is 2.34. The first-order valence-electron chi connectivity index (χ1n) is 6.89. The summed E-state index contributed by atoms with van der Waals surface area (Å²) in [5.74, 6) is 0.536. The highest BCUT2D eigenvalue weighted by molar-refractivity contribution is 5.97. The number of benzene rings is 1. The Kier molecular flexibility index (Phi) is 3.08. The smallest absolute Gasteiger partial charge is 0.230 e. The van der Waals surface area contributed by atoms with Gasteiger partial charge in [-0.3, -0.25) is 4.79 Å². The number of para-hydroxylation sites is 1. The van der Waals surface area contributed by atoms with Crippen LogP contribution in [0.1, 0.15) is 25.3 Å². The van der Waals surface area contributed by atoms with Gasteiger partial charge in [-0.1, -0.05) is 18.2 Å². The summed E-state index contributed by atoms with van der Waals surface area (Å²) in [6.45, 7) is 4.10. The monoisotopic (exact) mass is 244 g/mol. The van der Waals surface area contributed by atoms with E-state index in [1.165, 1.54) is 5.56 Å². The van der Waals surface area contributed by atoms with Crippen molar-refractivity contribution in [3.05, 3.63) is 29.8 Å². The van der Waals surface area contributed by atoms with Crippen LogP contribution in [-0.4, -0.2) is 25.0 Å². The molecule has 1 atom stereocenters. The summed E-state index contributed by atoms with van der Waals surface area (Å²) in [5.41, 5.74) is 2.45. The van der Waals surface area contributed by atoms with Crippen molar-refractivity contribution in [3.63, 3.8) is 0 Å². The Bertz CT molecular complexity index is 452. The third-order valence-electron chi connectivity index (χ3n) is 4.13. The number of hydrogen-bond donors (Lipinski definition) is 1. The van der Waals surface area contributed by atoms with Crippen molar-refractivity contribution < 1.29 is 4.79 Å². The van der Waals surface area contributed by atoms with Crippen LogP contribution in [0.4, 0.5) is 5.69 Å². The molecule has 0 saturated carbocycles. The third-order valence-corrected chi connectivity index (χ3v) is 4.13. The highest BCUT2D eigenvalue weighted by atomic mass is 16.2. The van der Waals surface area contributed by atoms with Crippen molar-refractivity contribution in [1.29, 1.82) is 0 Å². The number of piperidine rings is 1. The van der Waals surface area contributed by atoms with E-state index in [2.05, 4.69) is 30.4 Å². The fourth-order valence-electron chi connectivity index (χ4n) is 3.17. The first-order valence-corrected chi connectivity index (χ1v) is 6.89. The maximum absolute atomic E-state index is 12.7. The van der Waals surface area contributed by atoms with Crippen LogP contribution in [-0.2, 0) is 11.2 Å². The van der Waals surface area contributed by atoms with Crippen LogP contribution < -0.4 is 10.2 Å². The molecule has 1 aromatic carbocycles. The van der Waals surface area contributed by atoms with Gasteiger partial charge in [-0.25, -0.2) is 0 Å². The maximum atomic E-state index is 12.7. The predicted molar refractivity (Wildman–Crippen MR) is 72.7 cm³/mol. The van der Waals surface area contributed by atoms with Crippen LogP contribution in [0.15, 0.2) is 24.3 Å². The minimum absolute atomic E-state index is 0.208. The van der Waals surface area contributed by atoms with E-state index in [0.717, 1.165) is 38.0 Å². The molecule has 96 valence electrons. The Hall–Kier alpha value is -1.35. The summed E-state index contributed by atoms with van der Waals surface area (Å²) in [7, 11) is 0. The van der Waals surface area contributed by atoms with Crippen LogP contribution in [0.3, 0.4) is 0 Å². The third kappa shape index (κ3) is 1.93. The van der Waals surface area contributed by atoms with Crippen LogP contribution in [0.5, 0.6) is 0 Å². The molecule has 0 bridgehead atoms. The van der Waals surface area contributed by atoms with E-state index in [9.17, 15) is 4.79 Å². The van der Waals surface area contributed by atoms with Crippen LogP contribution >= 0.6 is 0 Å². The van der Waals surface area contributed by atoms with E-state index >= 15 is 0 Å². The molecular weight excluding hydrogens is 224 g/mol. The summed E-state index contributed by atoms with van der Waals surface area (Å²) < 4.78 is 0. The molecule has 0 spiro atoms. The molecule has 0 aromatic heterocycles. The molecule has 1 unspecified atom stereocenters. The molecule has 3 rings (SSSR count). The number of hydrogen-bond acceptors (Lipinski definition) is 2. The molecule has 2 aliphatic rings. The Morgan fingerprint density at radius 2 is 2.00 bits per heavy atom. The zero-order valence-electron chi connectivity index (χ0n) is 10.9. The largest absolute Gasteiger partial charge is 0.317 e. The van der Waals surface area contributed by atoms with E-state index < -0.39 is 0 Å². The molecule has 1 aromatic rings. The number of anilines is 1. The Morgan fingerprint density at radius 1 is 1.28 bits per heavy atom. The van der Waals surface area contributed by atoms with Gasteiger partial charge in [0.05, 0.1) is 0 Å². The average molecular weight is 244 g/mol. The highest BCUT2D eigenvalue weighted by Crippen LogP contribution is 2.34. The number of nitrogens with one attached hydrogen (secondary N) is 1. The Labute approximate surface area is 108 Å². The Morgan fingerprint density at radius 3 is 2.78 bits per heavy atom. The van der Waals surface area contributed by atoms with Gasteiger partial charge in [-0.2, -0.15) is 0 Å². The van der Waals surface area contributed by atoms with Gasteiger partial charge in [0.1, 0.15) is 0 Å². The quantitative estimate of drug-likeness (QED) is 0.819. The van der Waals surface area contributed by atoms with E-state index in [1.807, 2.05) is 11.0 Å². The SMILES string of the molecule is CC1Cc2ccccc2N1C(=O)C1CCNCC1. The summed E-state index contributed by atoms with van der Waals surface area (Å²) in [5, 5.41) is 3.32. The molecule has 1 N–H and O–H groups in total. The lowest BCUT2D eigenvalue weighted by Gasteiger charge is -2.30. The number of amides is 1. The fraction of sp³-hybridized carbons (Fsp3) is 0.533. The topological polar surface area (TPSA) is 32.3 Å². The van der Waals surface area contributed by atoms with Crippen molar-refractivity contribution in [3.8, 4) is 0 Å². The average Bonchev–Trinajstić information content (AvgIpc) is 2.75. The fourth-order valence-corrected chi connectivity index (χ4v) is 3.17. The molecule has 1 fully saturated rings. The second-order valence-corrected chi connectivity index (χ2v) is 5.41. The van der Waals surface area contributed by atoms with E-state index in [4.69, 9.17) is 0 Å². The normalized spacial score (nSPS) is 24.1. The van der Waals surface area contributed by atoms with Crippen molar-refractivity contribution in [2.24, 2.45) is 5.92 Å². The van der Waals surface area contributed by atoms with Gasteiger partial charge in [0.2, 0.25) is 5.91 Å². The number of nitrogens with zero attached hydrogens (tertiary/aromatic N) is 1. The summed E-state index contributed by atoms with van der Waals surface area (Å²) in [4.78, 5) is 14.7. The van der Waals surface area contributed by atoms with Gasteiger partial charge >= 0.3 is 0 Å². The van der Waals surface area contributed by atoms with Gasteiger partial charge in [-0.05, 0) is 50.9 Å². The molecule has 1 saturated heterocycles. The Balaban J connectivity index is 1.85. The van der Waals surface area contributed by atoms with Crippen molar-refractivity contribution >= 4 is 11.6 Å². The van der Waals surface area contributed by atoms with Gasteiger partial charge in [0.15, 0.2) is 0 Å². The van der Waals surface area contributed by atoms with Crippen LogP contribution in [0.2, 0.25) is 0 Å². The van der Waals surface area contributed by atoms with E-state index in [0.29, 0.717) is 11.9 Å². The lowest BCUT2D eigenvalue weighted by molar-refractivity contribution is -0.123. The molecule has 2 heterocycles. The maximum Gasteiger partial charge on any atom is 0.230 e. The number of carbonyl (C=O) groups is 1. The molecule has 2 aliphatic heterocycles. The van der Waals surface area contributed by atoms with E-state index in [1.54, 1.807) is 0 Å². The molecular formula is C15H20N2O. The van der Waals surface area contributed by atoms with Gasteiger partial charge < -0.3 is 10.2 Å². The number of rotatable bonds is 1. The van der Waals surface area contributed by atoms with Crippen molar-refractivity contribution in [2.75, 3.05) is 18.0 Å². The predicted octanol–water partition coefficient (Wildman–Crippen LogP) is 1.96. The van der Waals surface area contributed by atoms with Gasteiger partial charge in [0, 0.05) is 17.6 Å². The molecule has 1 amide bonds. The molecule has 0 aliphatic carbocycles. The number of fused-ring (bicyclic) bond motifs is 1. The van der Waals surface area contributed by atoms with Crippen molar-refractivity contribution in [2.45, 2.75) is 32.2 Å². The second-order valence-electron chi connectivity index (χ2n) is 5.41. The van der Waals surface area contributed by atoms with E-state index in [-0.39, 0.29) is 5.92 Å². The summed E-state index contributed by atoms with van der Waals surface area (Å²) >= 11 is 0. The molecule has 0 radical (unpaired) electrons. The number of carbonyl (C=O) groups excluding carboxylic acids is 1. The van der Waals surface area contributed by atoms with Crippen LogP contribution in [0.25, 0.3) is 0 Å². The molecule has 3 nitrogen and oxygen atoms in total. The van der Waals surface area contributed by atoms with Gasteiger partial charge in [-0.15, -0.1) is 0 Å². The van der Waals surface area contributed by atoms with Crippen LogP contribution in [0, 0.1) is 5.92 Å². The molecule has 3 heteroatoms. The zero-order chi connectivity index (χ0) is 12.5. The summed E-state index contributed by atoms with van der Waals surface area (Å²) in [6, 6.07) is 8.62. The minimum Gasteiger partial charge on any atom is -0.317 e. The first kappa shape index (κ1) is 11.7. The standard InChI is InChI=1S/C15H20N2O/c1-11-10-13-4-2-3-5-14(13)17(11)15(18)12-6-8-16-9-7-12/h2-5,11-12,16H,6-10H2,1H3. The lowest BCUT2D eigenvalue weighted by Crippen LogP contribution is -2.43. The van der Waals surface area contributed by atoms with Gasteiger partial charge in [0.25, 0.3) is 0 Å². The lowest BCUT2D eigenvalue weighted by atomic mass is 9.96. The first-order chi connectivity index (χ1) is 8.77.